The zero-order valence-corrected chi connectivity index (χ0v) is 29.7. The number of carbonyl (C=O) groups excluding carboxylic acids is 1. The van der Waals surface area contributed by atoms with Crippen LogP contribution >= 0.6 is 0 Å². The van der Waals surface area contributed by atoms with E-state index in [-0.39, 0.29) is 6.61 Å². The Kier molecular flexibility index (Phi) is 7.53. The van der Waals surface area contributed by atoms with Crippen molar-refractivity contribution in [3.05, 3.63) is 186 Å². The molecule has 6 heteroatoms. The van der Waals surface area contributed by atoms with Crippen molar-refractivity contribution in [2.75, 3.05) is 0 Å². The van der Waals surface area contributed by atoms with E-state index in [9.17, 15) is 9.90 Å². The third-order valence-corrected chi connectivity index (χ3v) is 11.0. The minimum atomic E-state index is -0.793. The lowest BCUT2D eigenvalue weighted by Crippen LogP contribution is -2.56. The SMILES string of the molecule is C[n+]1c(-c2ccccc2C2OC(=O)c3cc(CO)cc[n+]3C[n+]3c(c4ccccc4c4ccccc43)-c3ccccc32)c2ccccc2c2ccccc21. The number of carbonyl (C=O) groups is 1. The van der Waals surface area contributed by atoms with E-state index in [1.54, 1.807) is 6.07 Å². The van der Waals surface area contributed by atoms with E-state index in [2.05, 4.69) is 150 Å². The van der Waals surface area contributed by atoms with Crippen molar-refractivity contribution >= 4 is 49.3 Å². The molecule has 4 heterocycles. The van der Waals surface area contributed by atoms with Gasteiger partial charge < -0.3 is 9.84 Å². The Balaban J connectivity index is 1.33. The zero-order chi connectivity index (χ0) is 36.3. The number of aryl methyl sites for hydroxylation is 1. The van der Waals surface area contributed by atoms with E-state index in [1.165, 1.54) is 5.39 Å². The van der Waals surface area contributed by atoms with Crippen LogP contribution in [0.25, 0.3) is 65.9 Å². The first kappa shape index (κ1) is 31.9. The van der Waals surface area contributed by atoms with E-state index in [0.717, 1.165) is 71.6 Å². The molecule has 1 aliphatic rings. The summed E-state index contributed by atoms with van der Waals surface area (Å²) < 4.78 is 13.3. The van der Waals surface area contributed by atoms with Crippen LogP contribution < -0.4 is 13.7 Å². The predicted octanol–water partition coefficient (Wildman–Crippen LogP) is 8.29. The first-order valence-electron chi connectivity index (χ1n) is 18.3. The fourth-order valence-electron chi connectivity index (χ4n) is 8.58. The summed E-state index contributed by atoms with van der Waals surface area (Å²) >= 11 is 0. The number of aliphatic hydroxyl groups is 1. The van der Waals surface area contributed by atoms with Gasteiger partial charge in [-0.2, -0.15) is 4.57 Å². The van der Waals surface area contributed by atoms with Gasteiger partial charge in [0.05, 0.1) is 39.3 Å². The molecule has 0 aliphatic carbocycles. The minimum Gasteiger partial charge on any atom is -0.445 e. The first-order valence-corrected chi connectivity index (χ1v) is 18.3. The number of aromatic nitrogens is 3. The number of fused-ring (bicyclic) bond motifs is 12. The molecule has 0 saturated carbocycles. The molecular weight excluding hydrogens is 667 g/mol. The third kappa shape index (κ3) is 4.91. The Morgan fingerprint density at radius 2 is 1.09 bits per heavy atom. The van der Waals surface area contributed by atoms with Crippen molar-refractivity contribution in [2.24, 2.45) is 7.05 Å². The quantitative estimate of drug-likeness (QED) is 0.115. The Labute approximate surface area is 312 Å². The number of ether oxygens (including phenoxy) is 1. The number of benzene rings is 6. The van der Waals surface area contributed by atoms with Crippen LogP contribution in [0.4, 0.5) is 0 Å². The number of para-hydroxylation sites is 2. The molecule has 3 aromatic heterocycles. The lowest BCUT2D eigenvalue weighted by atomic mass is 9.88. The smallest absolute Gasteiger partial charge is 0.404 e. The molecule has 1 aliphatic heterocycles. The van der Waals surface area contributed by atoms with Gasteiger partial charge in [0.25, 0.3) is 5.69 Å². The van der Waals surface area contributed by atoms with E-state index >= 15 is 0 Å². The third-order valence-electron chi connectivity index (χ3n) is 11.0. The van der Waals surface area contributed by atoms with Gasteiger partial charge >= 0.3 is 12.6 Å². The minimum absolute atomic E-state index is 0.195. The van der Waals surface area contributed by atoms with Gasteiger partial charge in [-0.15, -0.1) is 9.13 Å². The molecule has 0 radical (unpaired) electrons. The highest BCUT2D eigenvalue weighted by Crippen LogP contribution is 2.42. The molecule has 0 saturated heterocycles. The van der Waals surface area contributed by atoms with Gasteiger partial charge in [-0.3, -0.25) is 0 Å². The van der Waals surface area contributed by atoms with Crippen molar-refractivity contribution in [1.29, 1.82) is 0 Å². The molecule has 0 spiro atoms. The molecule has 258 valence electrons. The van der Waals surface area contributed by atoms with Crippen LogP contribution in [0.5, 0.6) is 0 Å². The summed E-state index contributed by atoms with van der Waals surface area (Å²) in [5.74, 6) is -0.471. The Hall–Kier alpha value is -6.76. The highest BCUT2D eigenvalue weighted by molar-refractivity contribution is 6.10. The molecule has 54 heavy (non-hydrogen) atoms. The molecule has 6 aromatic carbocycles. The molecule has 1 atom stereocenters. The van der Waals surface area contributed by atoms with E-state index in [1.807, 2.05) is 29.0 Å². The topological polar surface area (TPSA) is 58.2 Å². The summed E-state index contributed by atoms with van der Waals surface area (Å²) in [5, 5.41) is 17.0. The molecule has 10 rings (SSSR count). The van der Waals surface area contributed by atoms with Gasteiger partial charge in [-0.25, -0.2) is 4.79 Å². The Bertz CT molecular complexity index is 2990. The molecule has 1 N–H and O–H groups in total. The predicted molar refractivity (Wildman–Crippen MR) is 210 cm³/mol. The summed E-state index contributed by atoms with van der Waals surface area (Å²) in [7, 11) is 2.11. The average Bonchev–Trinajstić information content (AvgIpc) is 3.23. The van der Waals surface area contributed by atoms with Crippen molar-refractivity contribution in [2.45, 2.75) is 19.4 Å². The number of hydrogen-bond acceptors (Lipinski definition) is 3. The number of rotatable bonds is 3. The second-order valence-electron chi connectivity index (χ2n) is 14.0. The van der Waals surface area contributed by atoms with Gasteiger partial charge in [0.1, 0.15) is 7.05 Å². The molecule has 1 unspecified atom stereocenters. The fourth-order valence-corrected chi connectivity index (χ4v) is 8.58. The van der Waals surface area contributed by atoms with E-state index in [0.29, 0.717) is 17.9 Å². The van der Waals surface area contributed by atoms with Crippen molar-refractivity contribution < 1.29 is 28.3 Å². The molecule has 9 aromatic rings. The number of esters is 1. The summed E-state index contributed by atoms with van der Waals surface area (Å²) in [6.45, 7) is 0.157. The maximum absolute atomic E-state index is 14.7. The lowest BCUT2D eigenvalue weighted by Gasteiger charge is -2.24. The van der Waals surface area contributed by atoms with E-state index < -0.39 is 12.1 Å². The maximum Gasteiger partial charge on any atom is 0.404 e. The van der Waals surface area contributed by atoms with Gasteiger partial charge in [0, 0.05) is 46.2 Å². The average molecular weight is 703 g/mol. The number of hydrogen-bond donors (Lipinski definition) is 1. The highest BCUT2D eigenvalue weighted by Gasteiger charge is 2.37. The molecular formula is C48H36N3O3+3. The second kappa shape index (κ2) is 12.7. The number of pyridine rings is 3. The van der Waals surface area contributed by atoms with Crippen molar-refractivity contribution in [1.82, 2.24) is 0 Å². The summed E-state index contributed by atoms with van der Waals surface area (Å²) in [5.41, 5.74) is 8.93. The number of cyclic esters (lactones) is 1. The standard InChI is InChI=1S/C48H36N3O3/c1-49-42-24-12-10-16-34(42)32-14-2-4-18-36(32)45(49)38-20-6-8-22-40(38)47-41-23-9-7-21-39(41)46-37-19-5-3-15-33(37)35-17-11-13-25-43(35)51(46)30-50-27-26-31(29-52)28-44(50)48(53)54-47/h2-28,47,52H,29-30H2,1H3/q+3. The van der Waals surface area contributed by atoms with Crippen LogP contribution in [0.2, 0.25) is 0 Å². The van der Waals surface area contributed by atoms with E-state index in [4.69, 9.17) is 4.74 Å². The Morgan fingerprint density at radius 1 is 0.593 bits per heavy atom. The van der Waals surface area contributed by atoms with Crippen LogP contribution in [0.3, 0.4) is 0 Å². The monoisotopic (exact) mass is 702 g/mol. The second-order valence-corrected chi connectivity index (χ2v) is 14.0. The number of nitrogens with zero attached hydrogens (tertiary/aromatic N) is 3. The molecule has 0 fully saturated rings. The van der Waals surface area contributed by atoms with Crippen LogP contribution in [-0.4, -0.2) is 11.1 Å². The molecule has 0 amide bonds. The van der Waals surface area contributed by atoms with Crippen molar-refractivity contribution in [3.8, 4) is 22.5 Å². The van der Waals surface area contributed by atoms with Gasteiger partial charge in [-0.1, -0.05) is 97.1 Å². The van der Waals surface area contributed by atoms with Crippen molar-refractivity contribution in [3.63, 3.8) is 0 Å². The fraction of sp³-hybridized carbons (Fsp3) is 0.0833. The zero-order valence-electron chi connectivity index (χ0n) is 29.7. The molecule has 0 bridgehead atoms. The van der Waals surface area contributed by atoms with Crippen LogP contribution in [0.1, 0.15) is 33.3 Å². The lowest BCUT2D eigenvalue weighted by molar-refractivity contribution is -0.898. The highest BCUT2D eigenvalue weighted by atomic mass is 16.5. The number of aliphatic hydroxyl groups excluding tert-OH is 1. The maximum atomic E-state index is 14.7. The van der Waals surface area contributed by atoms with Crippen LogP contribution in [0, 0.1) is 0 Å². The summed E-state index contributed by atoms with van der Waals surface area (Å²) in [4.78, 5) is 14.7. The normalized spacial score (nSPS) is 14.1. The summed E-state index contributed by atoms with van der Waals surface area (Å²) in [6.07, 6.45) is 1.08. The largest absolute Gasteiger partial charge is 0.445 e. The van der Waals surface area contributed by atoms with Gasteiger partial charge in [0.15, 0.2) is 12.3 Å². The van der Waals surface area contributed by atoms with Gasteiger partial charge in [-0.05, 0) is 42.0 Å². The van der Waals surface area contributed by atoms with Crippen LogP contribution in [-0.2, 0) is 25.1 Å². The Morgan fingerprint density at radius 3 is 1.74 bits per heavy atom. The van der Waals surface area contributed by atoms with Gasteiger partial charge in [0.2, 0.25) is 22.4 Å². The van der Waals surface area contributed by atoms with Crippen LogP contribution in [0.15, 0.2) is 164 Å². The molecule has 6 nitrogen and oxygen atoms in total. The first-order chi connectivity index (χ1) is 26.6. The summed E-state index contributed by atoms with van der Waals surface area (Å²) in [6, 6.07) is 54.3.